The van der Waals surface area contributed by atoms with Crippen molar-refractivity contribution < 1.29 is 26.8 Å². The lowest BCUT2D eigenvalue weighted by Gasteiger charge is -2.25. The number of hydrogen-bond donors (Lipinski definition) is 1. The minimum atomic E-state index is -4.59. The molecule has 0 unspecified atom stereocenters. The van der Waals surface area contributed by atoms with Crippen molar-refractivity contribution in [2.24, 2.45) is 5.73 Å². The van der Waals surface area contributed by atoms with E-state index in [-0.39, 0.29) is 18.8 Å². The first kappa shape index (κ1) is 17.2. The summed E-state index contributed by atoms with van der Waals surface area (Å²) in [7, 11) is -3.85. The van der Waals surface area contributed by atoms with Gasteiger partial charge in [0.25, 0.3) is 0 Å². The van der Waals surface area contributed by atoms with E-state index in [1.165, 1.54) is 18.2 Å². The van der Waals surface area contributed by atoms with Crippen LogP contribution in [-0.2, 0) is 19.8 Å². The Labute approximate surface area is 115 Å². The van der Waals surface area contributed by atoms with Gasteiger partial charge in [0, 0.05) is 0 Å². The molecule has 1 atom stereocenters. The highest BCUT2D eigenvalue weighted by atomic mass is 31.2. The predicted octanol–water partition coefficient (Wildman–Crippen LogP) is 3.93. The summed E-state index contributed by atoms with van der Waals surface area (Å²) in [4.78, 5) is 0. The SMILES string of the molecule is CCOP(=O)(OCC)[C@@H](N)c1ccccc1C(F)(F)F. The molecule has 0 aliphatic heterocycles. The molecule has 0 spiro atoms. The summed E-state index contributed by atoms with van der Waals surface area (Å²) in [5.41, 5.74) is 4.49. The Morgan fingerprint density at radius 3 is 2.15 bits per heavy atom. The van der Waals surface area contributed by atoms with Gasteiger partial charge >= 0.3 is 13.8 Å². The predicted molar refractivity (Wildman–Crippen MR) is 69.2 cm³/mol. The van der Waals surface area contributed by atoms with Gasteiger partial charge < -0.3 is 14.8 Å². The van der Waals surface area contributed by atoms with E-state index < -0.39 is 25.1 Å². The highest BCUT2D eigenvalue weighted by Gasteiger charge is 2.41. The third-order valence-corrected chi connectivity index (χ3v) is 4.74. The van der Waals surface area contributed by atoms with Gasteiger partial charge in [0.2, 0.25) is 0 Å². The highest BCUT2D eigenvalue weighted by molar-refractivity contribution is 7.54. The number of hydrogen-bond acceptors (Lipinski definition) is 4. The fourth-order valence-electron chi connectivity index (χ4n) is 1.74. The van der Waals surface area contributed by atoms with Gasteiger partial charge in [-0.25, -0.2) is 0 Å². The van der Waals surface area contributed by atoms with Crippen LogP contribution in [0.4, 0.5) is 13.2 Å². The van der Waals surface area contributed by atoms with Crippen LogP contribution in [-0.4, -0.2) is 13.2 Å². The van der Waals surface area contributed by atoms with Gasteiger partial charge in [-0.15, -0.1) is 0 Å². The van der Waals surface area contributed by atoms with Gasteiger partial charge in [0.05, 0.1) is 18.8 Å². The maximum atomic E-state index is 12.9. The molecule has 8 heteroatoms. The second kappa shape index (κ2) is 6.72. The van der Waals surface area contributed by atoms with Gasteiger partial charge in [-0.2, -0.15) is 13.2 Å². The highest BCUT2D eigenvalue weighted by Crippen LogP contribution is 2.59. The Hall–Kier alpha value is -0.880. The minimum Gasteiger partial charge on any atom is -0.314 e. The fraction of sp³-hybridized carbons (Fsp3) is 0.500. The number of alkyl halides is 3. The molecular formula is C12H17F3NO3P. The minimum absolute atomic E-state index is 0.0269. The first-order valence-corrected chi connectivity index (χ1v) is 7.68. The topological polar surface area (TPSA) is 61.5 Å². The van der Waals surface area contributed by atoms with Crippen LogP contribution in [0.2, 0.25) is 0 Å². The number of nitrogens with two attached hydrogens (primary N) is 1. The van der Waals surface area contributed by atoms with Crippen LogP contribution in [0.15, 0.2) is 24.3 Å². The summed E-state index contributed by atoms with van der Waals surface area (Å²) in [6, 6.07) is 4.70. The van der Waals surface area contributed by atoms with E-state index in [1.54, 1.807) is 13.8 Å². The summed E-state index contributed by atoms with van der Waals surface area (Å²) in [5.74, 6) is -1.49. The van der Waals surface area contributed by atoms with E-state index in [0.29, 0.717) is 0 Å². The number of halogens is 3. The molecule has 0 saturated heterocycles. The van der Waals surface area contributed by atoms with Gasteiger partial charge in [-0.3, -0.25) is 4.57 Å². The van der Waals surface area contributed by atoms with Gasteiger partial charge in [0.15, 0.2) is 0 Å². The quantitative estimate of drug-likeness (QED) is 0.809. The molecule has 1 rings (SSSR count). The molecule has 0 heterocycles. The average molecular weight is 311 g/mol. The van der Waals surface area contributed by atoms with Crippen molar-refractivity contribution in [3.8, 4) is 0 Å². The molecule has 0 radical (unpaired) electrons. The maximum absolute atomic E-state index is 12.9. The third kappa shape index (κ3) is 3.82. The zero-order valence-corrected chi connectivity index (χ0v) is 12.1. The van der Waals surface area contributed by atoms with Crippen LogP contribution < -0.4 is 5.73 Å². The smallest absolute Gasteiger partial charge is 0.314 e. The Balaban J connectivity index is 3.26. The van der Waals surface area contributed by atoms with Gasteiger partial charge in [-0.05, 0) is 25.5 Å². The van der Waals surface area contributed by atoms with E-state index in [9.17, 15) is 17.7 Å². The monoisotopic (exact) mass is 311 g/mol. The van der Waals surface area contributed by atoms with Crippen LogP contribution in [0.3, 0.4) is 0 Å². The van der Waals surface area contributed by atoms with Crippen molar-refractivity contribution in [1.82, 2.24) is 0 Å². The molecule has 0 aliphatic rings. The normalized spacial score (nSPS) is 14.3. The van der Waals surface area contributed by atoms with E-state index in [1.807, 2.05) is 0 Å². The molecule has 114 valence electrons. The van der Waals surface area contributed by atoms with E-state index in [4.69, 9.17) is 14.8 Å². The molecule has 2 N–H and O–H groups in total. The standard InChI is InChI=1S/C12H17F3NO3P/c1-3-18-20(17,19-4-2)11(16)9-7-5-6-8-10(9)12(13,14)15/h5-8,11H,3-4,16H2,1-2H3/t11-/m1/s1. The molecule has 0 bridgehead atoms. The lowest BCUT2D eigenvalue weighted by molar-refractivity contribution is -0.138. The first-order chi connectivity index (χ1) is 9.26. The van der Waals surface area contributed by atoms with Crippen molar-refractivity contribution in [3.63, 3.8) is 0 Å². The van der Waals surface area contributed by atoms with Crippen LogP contribution >= 0.6 is 7.60 Å². The van der Waals surface area contributed by atoms with Crippen LogP contribution in [0, 0.1) is 0 Å². The maximum Gasteiger partial charge on any atom is 0.416 e. The Bertz CT molecular complexity index is 483. The molecule has 0 fully saturated rings. The van der Waals surface area contributed by atoms with E-state index in [2.05, 4.69) is 0 Å². The van der Waals surface area contributed by atoms with E-state index in [0.717, 1.165) is 6.07 Å². The second-order valence-corrected chi connectivity index (χ2v) is 6.06. The van der Waals surface area contributed by atoms with Crippen LogP contribution in [0.5, 0.6) is 0 Å². The molecule has 0 amide bonds. The molecule has 0 aromatic heterocycles. The molecule has 20 heavy (non-hydrogen) atoms. The van der Waals surface area contributed by atoms with Gasteiger partial charge in [-0.1, -0.05) is 18.2 Å². The molecule has 0 aliphatic carbocycles. The fourth-order valence-corrected chi connectivity index (χ4v) is 3.42. The third-order valence-electron chi connectivity index (χ3n) is 2.54. The molecule has 0 saturated carbocycles. The Morgan fingerprint density at radius 1 is 1.20 bits per heavy atom. The lowest BCUT2D eigenvalue weighted by atomic mass is 10.1. The van der Waals surface area contributed by atoms with Crippen molar-refractivity contribution in [2.45, 2.75) is 25.8 Å². The molecule has 1 aromatic rings. The summed E-state index contributed by atoms with van der Waals surface area (Å²) in [6.45, 7) is 3.18. The lowest BCUT2D eigenvalue weighted by Crippen LogP contribution is -2.19. The zero-order valence-electron chi connectivity index (χ0n) is 11.2. The summed E-state index contributed by atoms with van der Waals surface area (Å²) < 4.78 is 61.3. The largest absolute Gasteiger partial charge is 0.416 e. The number of benzene rings is 1. The van der Waals surface area contributed by atoms with Crippen molar-refractivity contribution in [3.05, 3.63) is 35.4 Å². The number of rotatable bonds is 6. The zero-order chi connectivity index (χ0) is 15.4. The Morgan fingerprint density at radius 2 is 1.70 bits per heavy atom. The second-order valence-electron chi connectivity index (χ2n) is 3.91. The van der Waals surface area contributed by atoms with Gasteiger partial charge in [0.1, 0.15) is 5.78 Å². The van der Waals surface area contributed by atoms with Crippen molar-refractivity contribution in [2.75, 3.05) is 13.2 Å². The average Bonchev–Trinajstić information content (AvgIpc) is 2.37. The summed E-state index contributed by atoms with van der Waals surface area (Å²) >= 11 is 0. The van der Waals surface area contributed by atoms with Crippen molar-refractivity contribution >= 4 is 7.60 Å². The first-order valence-electron chi connectivity index (χ1n) is 6.06. The molecular weight excluding hydrogens is 294 g/mol. The molecule has 4 nitrogen and oxygen atoms in total. The summed E-state index contributed by atoms with van der Waals surface area (Å²) in [5, 5.41) is 0. The molecule has 1 aromatic carbocycles. The van der Waals surface area contributed by atoms with Crippen molar-refractivity contribution in [1.29, 1.82) is 0 Å². The Kier molecular flexibility index (Phi) is 5.77. The van der Waals surface area contributed by atoms with E-state index >= 15 is 0 Å². The van der Waals surface area contributed by atoms with Crippen LogP contribution in [0.1, 0.15) is 30.8 Å². The summed E-state index contributed by atoms with van der Waals surface area (Å²) in [6.07, 6.45) is -4.59. The van der Waals surface area contributed by atoms with Crippen LogP contribution in [0.25, 0.3) is 0 Å².